The van der Waals surface area contributed by atoms with Crippen LogP contribution in [0.2, 0.25) is 0 Å². The fraction of sp³-hybridized carbons (Fsp3) is 0.316. The molecule has 0 unspecified atom stereocenters. The molecule has 124 valence electrons. The van der Waals surface area contributed by atoms with Gasteiger partial charge in [0.05, 0.1) is 18.7 Å². The monoisotopic (exact) mass is 339 g/mol. The lowest BCUT2D eigenvalue weighted by Crippen LogP contribution is -2.41. The Morgan fingerprint density at radius 3 is 2.83 bits per heavy atom. The molecule has 3 aromatic rings. The van der Waals surface area contributed by atoms with E-state index in [-0.39, 0.29) is 6.04 Å². The van der Waals surface area contributed by atoms with Gasteiger partial charge in [0.25, 0.3) is 0 Å². The summed E-state index contributed by atoms with van der Waals surface area (Å²) in [6.45, 7) is 2.15. The molecule has 1 aliphatic heterocycles. The number of fused-ring (bicyclic) bond motifs is 1. The maximum atomic E-state index is 10.5. The summed E-state index contributed by atoms with van der Waals surface area (Å²) >= 11 is 1.85. The maximum Gasteiger partial charge on any atom is 0.0863 e. The highest BCUT2D eigenvalue weighted by Gasteiger charge is 2.30. The van der Waals surface area contributed by atoms with Gasteiger partial charge in [-0.2, -0.15) is 5.10 Å². The van der Waals surface area contributed by atoms with Crippen molar-refractivity contribution in [1.29, 1.82) is 0 Å². The number of aliphatic hydroxyl groups excluding tert-OH is 1. The van der Waals surface area contributed by atoms with Crippen molar-refractivity contribution >= 4 is 11.3 Å². The molecule has 4 nitrogen and oxygen atoms in total. The summed E-state index contributed by atoms with van der Waals surface area (Å²) in [5.74, 6) is 0. The molecule has 0 saturated carbocycles. The second-order valence-electron chi connectivity index (χ2n) is 6.24. The number of nitrogens with zero attached hydrogens (tertiary/aromatic N) is 3. The van der Waals surface area contributed by atoms with Crippen LogP contribution in [0.3, 0.4) is 0 Å². The Balaban J connectivity index is 1.57. The minimum absolute atomic E-state index is 0.230. The molecule has 2 atom stereocenters. The molecule has 0 amide bonds. The van der Waals surface area contributed by atoms with Crippen LogP contribution in [0.4, 0.5) is 0 Å². The quantitative estimate of drug-likeness (QED) is 0.777. The van der Waals surface area contributed by atoms with Crippen LogP contribution in [0.15, 0.2) is 60.2 Å². The first-order valence-corrected chi connectivity index (χ1v) is 9.20. The third-order valence-corrected chi connectivity index (χ3v) is 5.58. The maximum absolute atomic E-state index is 10.5. The molecule has 24 heavy (non-hydrogen) atoms. The number of aliphatic hydroxyl groups is 1. The predicted octanol–water partition coefficient (Wildman–Crippen LogP) is 2.95. The van der Waals surface area contributed by atoms with Gasteiger partial charge in [-0.3, -0.25) is 9.58 Å². The third kappa shape index (κ3) is 3.15. The molecular formula is C19H21N3OS. The Kier molecular flexibility index (Phi) is 4.47. The first-order valence-electron chi connectivity index (χ1n) is 8.32. The van der Waals surface area contributed by atoms with Gasteiger partial charge >= 0.3 is 0 Å². The van der Waals surface area contributed by atoms with E-state index in [4.69, 9.17) is 0 Å². The number of β-amino-alcohol motifs (C(OH)–C–C–N with tert-alkyl or cyclic N) is 1. The molecule has 1 N–H and O–H groups in total. The van der Waals surface area contributed by atoms with E-state index < -0.39 is 6.10 Å². The predicted molar refractivity (Wildman–Crippen MR) is 96.1 cm³/mol. The standard InChI is InChI=1S/C19H21N3OS/c23-16(14-22-10-4-9-20-22)13-21-11-7-18-17(8-12-24-18)19(21)15-5-2-1-3-6-15/h1-6,8-10,12,16,19,23H,7,11,13-14H2/t16-,19+/m0/s1. The van der Waals surface area contributed by atoms with Crippen LogP contribution in [0, 0.1) is 0 Å². The molecule has 0 bridgehead atoms. The fourth-order valence-electron chi connectivity index (χ4n) is 3.54. The van der Waals surface area contributed by atoms with Crippen LogP contribution in [0.5, 0.6) is 0 Å². The average Bonchev–Trinajstić information content (AvgIpc) is 3.26. The van der Waals surface area contributed by atoms with Crippen molar-refractivity contribution in [2.24, 2.45) is 0 Å². The Hall–Kier alpha value is -1.95. The highest BCUT2D eigenvalue weighted by molar-refractivity contribution is 7.10. The Bertz CT molecular complexity index is 769. The topological polar surface area (TPSA) is 41.3 Å². The van der Waals surface area contributed by atoms with Crippen molar-refractivity contribution in [3.05, 3.63) is 76.2 Å². The summed E-state index contributed by atoms with van der Waals surface area (Å²) in [4.78, 5) is 3.88. The van der Waals surface area contributed by atoms with E-state index in [0.717, 1.165) is 13.0 Å². The van der Waals surface area contributed by atoms with Crippen LogP contribution in [0.1, 0.15) is 22.0 Å². The van der Waals surface area contributed by atoms with Crippen molar-refractivity contribution < 1.29 is 5.11 Å². The molecule has 4 rings (SSSR count). The van der Waals surface area contributed by atoms with Gasteiger partial charge in [-0.05, 0) is 35.1 Å². The van der Waals surface area contributed by atoms with Gasteiger partial charge in [0.1, 0.15) is 0 Å². The highest BCUT2D eigenvalue weighted by Crippen LogP contribution is 2.37. The molecule has 0 aliphatic carbocycles. The minimum Gasteiger partial charge on any atom is -0.390 e. The largest absolute Gasteiger partial charge is 0.390 e. The van der Waals surface area contributed by atoms with Crippen LogP contribution in [0.25, 0.3) is 0 Å². The Morgan fingerprint density at radius 2 is 2.04 bits per heavy atom. The zero-order valence-electron chi connectivity index (χ0n) is 13.5. The summed E-state index contributed by atoms with van der Waals surface area (Å²) in [5.41, 5.74) is 2.69. The van der Waals surface area contributed by atoms with E-state index in [9.17, 15) is 5.11 Å². The van der Waals surface area contributed by atoms with E-state index in [0.29, 0.717) is 13.1 Å². The lowest BCUT2D eigenvalue weighted by Gasteiger charge is -2.37. The number of hydrogen-bond donors (Lipinski definition) is 1. The van der Waals surface area contributed by atoms with Gasteiger partial charge in [0.15, 0.2) is 0 Å². The smallest absolute Gasteiger partial charge is 0.0863 e. The number of benzene rings is 1. The normalized spacial score (nSPS) is 19.1. The Labute approximate surface area is 146 Å². The molecule has 3 heterocycles. The third-order valence-electron chi connectivity index (χ3n) is 4.58. The van der Waals surface area contributed by atoms with Crippen molar-refractivity contribution in [3.63, 3.8) is 0 Å². The van der Waals surface area contributed by atoms with E-state index >= 15 is 0 Å². The first kappa shape index (κ1) is 15.6. The SMILES string of the molecule is O[C@@H](CN1CCc2sccc2[C@H]1c1ccccc1)Cn1cccn1. The molecule has 0 spiro atoms. The molecule has 0 radical (unpaired) electrons. The van der Waals surface area contributed by atoms with Crippen molar-refractivity contribution in [2.45, 2.75) is 25.1 Å². The molecule has 5 heteroatoms. The Morgan fingerprint density at radius 1 is 1.17 bits per heavy atom. The van der Waals surface area contributed by atoms with Gasteiger partial charge in [-0.25, -0.2) is 0 Å². The molecule has 0 fully saturated rings. The number of rotatable bonds is 5. The van der Waals surface area contributed by atoms with Crippen molar-refractivity contribution in [1.82, 2.24) is 14.7 Å². The summed E-state index contributed by atoms with van der Waals surface area (Å²) in [6, 6.07) is 15.0. The van der Waals surface area contributed by atoms with Crippen LogP contribution < -0.4 is 0 Å². The van der Waals surface area contributed by atoms with Crippen LogP contribution >= 0.6 is 11.3 Å². The van der Waals surface area contributed by atoms with Gasteiger partial charge in [-0.1, -0.05) is 30.3 Å². The lowest BCUT2D eigenvalue weighted by atomic mass is 9.93. The molecule has 1 aliphatic rings. The zero-order chi connectivity index (χ0) is 16.4. The highest BCUT2D eigenvalue weighted by atomic mass is 32.1. The second kappa shape index (κ2) is 6.89. The van der Waals surface area contributed by atoms with Crippen LogP contribution in [-0.2, 0) is 13.0 Å². The summed E-state index contributed by atoms with van der Waals surface area (Å²) in [6.07, 6.45) is 4.27. The lowest BCUT2D eigenvalue weighted by molar-refractivity contribution is 0.0780. The van der Waals surface area contributed by atoms with E-state index in [1.807, 2.05) is 23.6 Å². The summed E-state index contributed by atoms with van der Waals surface area (Å²) in [5, 5.41) is 16.9. The van der Waals surface area contributed by atoms with Crippen LogP contribution in [-0.4, -0.2) is 39.0 Å². The molecular weight excluding hydrogens is 318 g/mol. The van der Waals surface area contributed by atoms with Crippen molar-refractivity contribution in [3.8, 4) is 0 Å². The van der Waals surface area contributed by atoms with E-state index in [1.165, 1.54) is 16.0 Å². The first-order chi connectivity index (χ1) is 11.8. The molecule has 0 saturated heterocycles. The van der Waals surface area contributed by atoms with Gasteiger partial charge in [-0.15, -0.1) is 11.3 Å². The molecule has 1 aromatic carbocycles. The van der Waals surface area contributed by atoms with Gasteiger partial charge in [0, 0.05) is 30.4 Å². The van der Waals surface area contributed by atoms with Crippen molar-refractivity contribution in [2.75, 3.05) is 13.1 Å². The fourth-order valence-corrected chi connectivity index (χ4v) is 4.45. The molecule has 2 aromatic heterocycles. The number of hydrogen-bond acceptors (Lipinski definition) is 4. The minimum atomic E-state index is -0.434. The average molecular weight is 339 g/mol. The second-order valence-corrected chi connectivity index (χ2v) is 7.24. The van der Waals surface area contributed by atoms with Gasteiger partial charge in [0.2, 0.25) is 0 Å². The number of aromatic nitrogens is 2. The zero-order valence-corrected chi connectivity index (χ0v) is 14.3. The summed E-state index contributed by atoms with van der Waals surface area (Å²) in [7, 11) is 0. The van der Waals surface area contributed by atoms with E-state index in [2.05, 4.69) is 51.8 Å². The summed E-state index contributed by atoms with van der Waals surface area (Å²) < 4.78 is 1.79. The van der Waals surface area contributed by atoms with E-state index in [1.54, 1.807) is 10.9 Å². The van der Waals surface area contributed by atoms with Gasteiger partial charge < -0.3 is 5.11 Å². The number of thiophene rings is 1.